The molecule has 164 valence electrons. The second kappa shape index (κ2) is 11.5. The zero-order chi connectivity index (χ0) is 22.0. The van der Waals surface area contributed by atoms with Gasteiger partial charge in [0.25, 0.3) is 0 Å². The molecule has 2 aromatic carbocycles. The van der Waals surface area contributed by atoms with E-state index in [1.54, 1.807) is 30.3 Å². The molecule has 2 rings (SSSR count). The Labute approximate surface area is 178 Å². The largest absolute Gasteiger partial charge is 0.485 e. The third-order valence-corrected chi connectivity index (χ3v) is 5.57. The number of sulfone groups is 1. The Morgan fingerprint density at radius 1 is 1.10 bits per heavy atom. The Morgan fingerprint density at radius 2 is 1.80 bits per heavy atom. The van der Waals surface area contributed by atoms with Crippen LogP contribution in [0.5, 0.6) is 5.75 Å². The van der Waals surface area contributed by atoms with Crippen molar-refractivity contribution in [2.24, 2.45) is 4.99 Å². The van der Waals surface area contributed by atoms with Gasteiger partial charge in [0, 0.05) is 19.3 Å². The van der Waals surface area contributed by atoms with Crippen molar-refractivity contribution in [3.8, 4) is 5.75 Å². The Hall–Kier alpha value is -2.61. The number of nitrogens with one attached hydrogen (secondary N) is 2. The van der Waals surface area contributed by atoms with E-state index in [2.05, 4.69) is 15.6 Å². The van der Waals surface area contributed by atoms with Gasteiger partial charge in [0.15, 0.2) is 27.4 Å². The number of aliphatic imine (C=N–C) groups is 1. The van der Waals surface area contributed by atoms with Crippen LogP contribution in [0.15, 0.2) is 58.4 Å². The van der Waals surface area contributed by atoms with E-state index in [4.69, 9.17) is 4.74 Å². The van der Waals surface area contributed by atoms with E-state index in [1.165, 1.54) is 12.3 Å². The van der Waals surface area contributed by atoms with E-state index in [9.17, 15) is 12.8 Å². The van der Waals surface area contributed by atoms with Crippen LogP contribution >= 0.6 is 0 Å². The number of hydrogen-bond acceptors (Lipinski definition) is 4. The van der Waals surface area contributed by atoms with Crippen molar-refractivity contribution in [1.82, 2.24) is 10.6 Å². The lowest BCUT2D eigenvalue weighted by atomic mass is 10.1. The smallest absolute Gasteiger partial charge is 0.191 e. The van der Waals surface area contributed by atoms with Crippen molar-refractivity contribution < 1.29 is 17.5 Å². The molecule has 0 amide bonds. The second-order valence-electron chi connectivity index (χ2n) is 6.89. The van der Waals surface area contributed by atoms with Gasteiger partial charge in [-0.25, -0.2) is 17.8 Å². The van der Waals surface area contributed by atoms with Gasteiger partial charge in [-0.1, -0.05) is 31.2 Å². The first-order valence-corrected chi connectivity index (χ1v) is 11.9. The molecular formula is C22H30FN3O3S. The molecule has 1 atom stereocenters. The maximum atomic E-state index is 13.8. The van der Waals surface area contributed by atoms with Crippen molar-refractivity contribution in [1.29, 1.82) is 0 Å². The number of benzene rings is 2. The summed E-state index contributed by atoms with van der Waals surface area (Å²) in [7, 11) is -3.18. The van der Waals surface area contributed by atoms with Gasteiger partial charge in [-0.15, -0.1) is 0 Å². The van der Waals surface area contributed by atoms with Crippen LogP contribution < -0.4 is 15.4 Å². The summed E-state index contributed by atoms with van der Waals surface area (Å²) in [5.74, 6) is 0.503. The highest BCUT2D eigenvalue weighted by Crippen LogP contribution is 2.18. The molecule has 0 fully saturated rings. The molecule has 8 heteroatoms. The summed E-state index contributed by atoms with van der Waals surface area (Å²) in [6.07, 6.45) is 2.38. The third kappa shape index (κ3) is 7.67. The summed E-state index contributed by atoms with van der Waals surface area (Å²) in [5, 5.41) is 6.44. The number of nitrogens with zero attached hydrogens (tertiary/aromatic N) is 1. The maximum absolute atomic E-state index is 13.8. The van der Waals surface area contributed by atoms with Crippen molar-refractivity contribution in [3.05, 3.63) is 59.9 Å². The number of rotatable bonds is 10. The van der Waals surface area contributed by atoms with Gasteiger partial charge in [-0.2, -0.15) is 0 Å². The average Bonchev–Trinajstić information content (AvgIpc) is 2.72. The quantitative estimate of drug-likeness (QED) is 0.443. The predicted octanol–water partition coefficient (Wildman–Crippen LogP) is 3.18. The average molecular weight is 436 g/mol. The van der Waals surface area contributed by atoms with Crippen LogP contribution in [0, 0.1) is 5.82 Å². The minimum absolute atomic E-state index is 0.232. The Balaban J connectivity index is 1.90. The van der Waals surface area contributed by atoms with Gasteiger partial charge >= 0.3 is 0 Å². The topological polar surface area (TPSA) is 79.8 Å². The van der Waals surface area contributed by atoms with Crippen LogP contribution in [-0.2, 0) is 16.3 Å². The fourth-order valence-electron chi connectivity index (χ4n) is 2.73. The molecular weight excluding hydrogens is 405 g/mol. The Morgan fingerprint density at radius 3 is 2.40 bits per heavy atom. The highest BCUT2D eigenvalue weighted by atomic mass is 32.2. The van der Waals surface area contributed by atoms with Gasteiger partial charge in [-0.05, 0) is 49.6 Å². The van der Waals surface area contributed by atoms with E-state index in [1.807, 2.05) is 26.0 Å². The number of halogens is 1. The lowest BCUT2D eigenvalue weighted by Gasteiger charge is -2.17. The van der Waals surface area contributed by atoms with Gasteiger partial charge < -0.3 is 15.4 Å². The first kappa shape index (κ1) is 23.7. The molecule has 30 heavy (non-hydrogen) atoms. The first-order chi connectivity index (χ1) is 14.3. The summed E-state index contributed by atoms with van der Waals surface area (Å²) in [5.41, 5.74) is 1.03. The Bertz CT molecular complexity index is 931. The molecule has 6 nitrogen and oxygen atoms in total. The van der Waals surface area contributed by atoms with Crippen LogP contribution in [0.1, 0.15) is 25.8 Å². The van der Waals surface area contributed by atoms with Crippen molar-refractivity contribution in [3.63, 3.8) is 0 Å². The monoisotopic (exact) mass is 435 g/mol. The normalized spacial score (nSPS) is 13.0. The first-order valence-electron chi connectivity index (χ1n) is 10.1. The molecule has 0 aliphatic rings. The lowest BCUT2D eigenvalue weighted by molar-refractivity contribution is 0.196. The molecule has 0 aromatic heterocycles. The van der Waals surface area contributed by atoms with Gasteiger partial charge in [0.05, 0.1) is 11.4 Å². The number of para-hydroxylation sites is 1. The van der Waals surface area contributed by atoms with Crippen LogP contribution in [0.2, 0.25) is 0 Å². The molecule has 0 spiro atoms. The molecule has 0 radical (unpaired) electrons. The summed E-state index contributed by atoms with van der Waals surface area (Å²) in [6, 6.07) is 13.2. The zero-order valence-electron chi connectivity index (χ0n) is 17.7. The molecule has 0 heterocycles. The number of hydrogen-bond donors (Lipinski definition) is 2. The highest BCUT2D eigenvalue weighted by molar-refractivity contribution is 7.90. The van der Waals surface area contributed by atoms with E-state index < -0.39 is 9.84 Å². The summed E-state index contributed by atoms with van der Waals surface area (Å²) >= 11 is 0. The van der Waals surface area contributed by atoms with E-state index in [-0.39, 0.29) is 17.7 Å². The summed E-state index contributed by atoms with van der Waals surface area (Å²) < 4.78 is 42.6. The van der Waals surface area contributed by atoms with Gasteiger partial charge in [-0.3, -0.25) is 0 Å². The SMILES string of the molecule is CCNC(=NCC(CC)Oc1ccccc1F)NCCc1ccc(S(C)(=O)=O)cc1. The molecule has 2 aromatic rings. The van der Waals surface area contributed by atoms with Gasteiger partial charge in [0.2, 0.25) is 0 Å². The van der Waals surface area contributed by atoms with Crippen LogP contribution in [-0.4, -0.2) is 46.4 Å². The van der Waals surface area contributed by atoms with E-state index >= 15 is 0 Å². The van der Waals surface area contributed by atoms with Crippen LogP contribution in [0.3, 0.4) is 0 Å². The maximum Gasteiger partial charge on any atom is 0.191 e. The molecule has 0 bridgehead atoms. The second-order valence-corrected chi connectivity index (χ2v) is 8.91. The van der Waals surface area contributed by atoms with Crippen LogP contribution in [0.25, 0.3) is 0 Å². The van der Waals surface area contributed by atoms with E-state index in [0.717, 1.165) is 12.0 Å². The van der Waals surface area contributed by atoms with Crippen LogP contribution in [0.4, 0.5) is 4.39 Å². The minimum Gasteiger partial charge on any atom is -0.485 e. The van der Waals surface area contributed by atoms with Crippen molar-refractivity contribution in [2.45, 2.75) is 37.7 Å². The fourth-order valence-corrected chi connectivity index (χ4v) is 3.36. The summed E-state index contributed by atoms with van der Waals surface area (Å²) in [4.78, 5) is 4.87. The highest BCUT2D eigenvalue weighted by Gasteiger charge is 2.11. The molecule has 0 aliphatic carbocycles. The minimum atomic E-state index is -3.18. The summed E-state index contributed by atoms with van der Waals surface area (Å²) in [6.45, 7) is 5.69. The number of ether oxygens (including phenoxy) is 1. The molecule has 0 aliphatic heterocycles. The lowest BCUT2D eigenvalue weighted by Crippen LogP contribution is -2.39. The molecule has 0 saturated heterocycles. The fraction of sp³-hybridized carbons (Fsp3) is 0.409. The van der Waals surface area contributed by atoms with Crippen molar-refractivity contribution in [2.75, 3.05) is 25.9 Å². The Kier molecular flexibility index (Phi) is 9.11. The zero-order valence-corrected chi connectivity index (χ0v) is 18.5. The predicted molar refractivity (Wildman–Crippen MR) is 118 cm³/mol. The molecule has 2 N–H and O–H groups in total. The van der Waals surface area contributed by atoms with Crippen molar-refractivity contribution >= 4 is 15.8 Å². The van der Waals surface area contributed by atoms with E-state index in [0.29, 0.717) is 36.9 Å². The molecule has 0 saturated carbocycles. The number of guanidine groups is 1. The molecule has 1 unspecified atom stereocenters. The third-order valence-electron chi connectivity index (χ3n) is 4.44. The standard InChI is InChI=1S/C22H30FN3O3S/c1-4-18(29-21-9-7-6-8-20(21)23)16-26-22(24-5-2)25-15-14-17-10-12-19(13-11-17)30(3,27)28/h6-13,18H,4-5,14-16H2,1-3H3,(H2,24,25,26). The van der Waals surface area contributed by atoms with Gasteiger partial charge in [0.1, 0.15) is 6.10 Å².